The van der Waals surface area contributed by atoms with Gasteiger partial charge in [0.15, 0.2) is 0 Å². The Bertz CT molecular complexity index is 399. The molecule has 5 nitrogen and oxygen atoms in total. The van der Waals surface area contributed by atoms with E-state index >= 15 is 0 Å². The Kier molecular flexibility index (Phi) is 7.75. The molecule has 1 rings (SSSR count). The summed E-state index contributed by atoms with van der Waals surface area (Å²) in [6.45, 7) is 4.39. The summed E-state index contributed by atoms with van der Waals surface area (Å²) in [7, 11) is 1.58. The first-order chi connectivity index (χ1) is 10.0. The van der Waals surface area contributed by atoms with Gasteiger partial charge in [0.25, 0.3) is 0 Å². The van der Waals surface area contributed by atoms with E-state index in [1.54, 1.807) is 19.3 Å². The topological polar surface area (TPSA) is 61.8 Å². The van der Waals surface area contributed by atoms with Gasteiger partial charge in [0.1, 0.15) is 6.61 Å². The zero-order valence-corrected chi connectivity index (χ0v) is 12.9. The predicted octanol–water partition coefficient (Wildman–Crippen LogP) is 2.27. The van der Waals surface area contributed by atoms with Crippen LogP contribution in [0.4, 0.5) is 0 Å². The van der Waals surface area contributed by atoms with Gasteiger partial charge in [-0.2, -0.15) is 0 Å². The van der Waals surface area contributed by atoms with Crippen LogP contribution < -0.4 is 0 Å². The Labute approximate surface area is 125 Å². The number of ether oxygens (including phenoxy) is 3. The quantitative estimate of drug-likeness (QED) is 0.548. The number of cyclic esters (lactones) is 2. The third-order valence-corrected chi connectivity index (χ3v) is 3.28. The first-order valence-corrected chi connectivity index (χ1v) is 7.20. The fourth-order valence-corrected chi connectivity index (χ4v) is 1.91. The lowest BCUT2D eigenvalue weighted by Gasteiger charge is -2.19. The molecule has 0 aromatic carbocycles. The molecule has 1 aliphatic heterocycles. The summed E-state index contributed by atoms with van der Waals surface area (Å²) in [5.41, 5.74) is 0. The van der Waals surface area contributed by atoms with Crippen LogP contribution in [0.1, 0.15) is 26.7 Å². The first kappa shape index (κ1) is 17.4. The molecule has 0 spiro atoms. The van der Waals surface area contributed by atoms with Crippen LogP contribution in [-0.2, 0) is 23.8 Å². The third-order valence-electron chi connectivity index (χ3n) is 3.28. The molecule has 0 aromatic heterocycles. The molecule has 0 bridgehead atoms. The van der Waals surface area contributed by atoms with Crippen molar-refractivity contribution in [3.8, 4) is 0 Å². The van der Waals surface area contributed by atoms with Crippen molar-refractivity contribution in [1.82, 2.24) is 0 Å². The van der Waals surface area contributed by atoms with Crippen LogP contribution in [-0.4, -0.2) is 38.4 Å². The fourth-order valence-electron chi connectivity index (χ4n) is 1.91. The van der Waals surface area contributed by atoms with Crippen LogP contribution in [0.25, 0.3) is 0 Å². The van der Waals surface area contributed by atoms with Crippen molar-refractivity contribution in [2.75, 3.05) is 20.3 Å². The van der Waals surface area contributed by atoms with Crippen molar-refractivity contribution in [3.05, 3.63) is 24.3 Å². The second kappa shape index (κ2) is 9.34. The normalized spacial score (nSPS) is 32.2. The Morgan fingerprint density at radius 1 is 1.00 bits per heavy atom. The summed E-state index contributed by atoms with van der Waals surface area (Å²) in [6.07, 6.45) is 7.44. The summed E-state index contributed by atoms with van der Waals surface area (Å²) < 4.78 is 15.7. The number of esters is 2. The van der Waals surface area contributed by atoms with E-state index in [1.165, 1.54) is 0 Å². The Morgan fingerprint density at radius 2 is 1.57 bits per heavy atom. The van der Waals surface area contributed by atoms with E-state index in [4.69, 9.17) is 14.2 Å². The highest BCUT2D eigenvalue weighted by Gasteiger charge is 2.17. The van der Waals surface area contributed by atoms with Gasteiger partial charge in [-0.25, -0.2) is 0 Å². The smallest absolute Gasteiger partial charge is 0.309 e. The molecule has 0 saturated carbocycles. The maximum atomic E-state index is 11.6. The van der Waals surface area contributed by atoms with Gasteiger partial charge in [-0.3, -0.25) is 9.59 Å². The number of hydrogen-bond donors (Lipinski definition) is 0. The number of carbonyl (C=O) groups excluding carboxylic acids is 2. The Balaban J connectivity index is 2.72. The minimum Gasteiger partial charge on any atom is -0.465 e. The highest BCUT2D eigenvalue weighted by atomic mass is 16.6. The number of rotatable bonds is 1. The van der Waals surface area contributed by atoms with Crippen molar-refractivity contribution in [3.63, 3.8) is 0 Å². The largest absolute Gasteiger partial charge is 0.465 e. The van der Waals surface area contributed by atoms with Crippen molar-refractivity contribution in [1.29, 1.82) is 0 Å². The van der Waals surface area contributed by atoms with E-state index in [-0.39, 0.29) is 49.3 Å². The maximum Gasteiger partial charge on any atom is 0.309 e. The number of hydrogen-bond acceptors (Lipinski definition) is 5. The van der Waals surface area contributed by atoms with Crippen LogP contribution in [0.3, 0.4) is 0 Å². The van der Waals surface area contributed by atoms with Gasteiger partial charge < -0.3 is 14.2 Å². The lowest BCUT2D eigenvalue weighted by Crippen LogP contribution is -2.26. The Morgan fingerprint density at radius 3 is 2.19 bits per heavy atom. The summed E-state index contributed by atoms with van der Waals surface area (Å²) in [6, 6.07) is 0. The van der Waals surface area contributed by atoms with Crippen LogP contribution >= 0.6 is 0 Å². The molecule has 1 unspecified atom stereocenters. The van der Waals surface area contributed by atoms with Crippen LogP contribution in [0, 0.1) is 11.8 Å². The fraction of sp³-hybridized carbons (Fsp3) is 0.625. The number of methoxy groups -OCH3 is 1. The van der Waals surface area contributed by atoms with Gasteiger partial charge in [0.2, 0.25) is 0 Å². The predicted molar refractivity (Wildman–Crippen MR) is 78.6 cm³/mol. The summed E-state index contributed by atoms with van der Waals surface area (Å²) >= 11 is 0. The standard InChI is InChI=1S/C16H24O5/c1-12-6-4-8-16(18)21-11-14(19-3)13(2)7-5-9-15(17)20-10-12/h4-7,12-14H,8-11H2,1-3H3/b6-4+,7-5+/t12-,13+,14?/m0/s1. The lowest BCUT2D eigenvalue weighted by atomic mass is 10.0. The van der Waals surface area contributed by atoms with Crippen molar-refractivity contribution >= 4 is 11.9 Å². The van der Waals surface area contributed by atoms with E-state index < -0.39 is 0 Å². The third kappa shape index (κ3) is 7.09. The van der Waals surface area contributed by atoms with E-state index in [2.05, 4.69) is 0 Å². The molecule has 21 heavy (non-hydrogen) atoms. The summed E-state index contributed by atoms with van der Waals surface area (Å²) in [5.74, 6) is -0.435. The zero-order chi connectivity index (χ0) is 15.7. The van der Waals surface area contributed by atoms with Crippen LogP contribution in [0.15, 0.2) is 24.3 Å². The molecular weight excluding hydrogens is 272 g/mol. The van der Waals surface area contributed by atoms with Gasteiger partial charge >= 0.3 is 11.9 Å². The molecule has 0 aromatic rings. The van der Waals surface area contributed by atoms with Gasteiger partial charge in [-0.1, -0.05) is 38.2 Å². The van der Waals surface area contributed by atoms with Gasteiger partial charge in [-0.05, 0) is 0 Å². The van der Waals surface area contributed by atoms with E-state index in [1.807, 2.05) is 26.0 Å². The van der Waals surface area contributed by atoms with Crippen LogP contribution in [0.5, 0.6) is 0 Å². The monoisotopic (exact) mass is 296 g/mol. The molecule has 0 aliphatic carbocycles. The van der Waals surface area contributed by atoms with E-state index in [0.717, 1.165) is 0 Å². The SMILES string of the molecule is COC1COC(=O)C/C=C/[C@H](C)COC(=O)C/C=C/[C@H]1C. The van der Waals surface area contributed by atoms with Gasteiger partial charge in [-0.15, -0.1) is 0 Å². The Hall–Kier alpha value is -1.62. The molecule has 1 aliphatic rings. The van der Waals surface area contributed by atoms with Crippen molar-refractivity contribution < 1.29 is 23.8 Å². The highest BCUT2D eigenvalue weighted by Crippen LogP contribution is 2.11. The summed E-state index contributed by atoms with van der Waals surface area (Å²) in [4.78, 5) is 23.2. The maximum absolute atomic E-state index is 11.6. The average molecular weight is 296 g/mol. The molecule has 0 saturated heterocycles. The molecule has 5 heteroatoms. The highest BCUT2D eigenvalue weighted by molar-refractivity contribution is 5.71. The van der Waals surface area contributed by atoms with E-state index in [0.29, 0.717) is 6.61 Å². The summed E-state index contributed by atoms with van der Waals surface area (Å²) in [5, 5.41) is 0. The molecule has 1 heterocycles. The van der Waals surface area contributed by atoms with Crippen molar-refractivity contribution in [2.45, 2.75) is 32.8 Å². The minimum absolute atomic E-state index is 0.0372. The molecule has 0 fully saturated rings. The first-order valence-electron chi connectivity index (χ1n) is 7.20. The molecule has 0 amide bonds. The lowest BCUT2D eigenvalue weighted by molar-refractivity contribution is -0.147. The minimum atomic E-state index is -0.288. The van der Waals surface area contributed by atoms with Crippen LogP contribution in [0.2, 0.25) is 0 Å². The molecular formula is C16H24O5. The molecule has 0 radical (unpaired) electrons. The number of carbonyl (C=O) groups is 2. The second-order valence-electron chi connectivity index (χ2n) is 5.24. The second-order valence-corrected chi connectivity index (χ2v) is 5.24. The van der Waals surface area contributed by atoms with Gasteiger partial charge in [0.05, 0.1) is 25.6 Å². The zero-order valence-electron chi connectivity index (χ0n) is 12.9. The van der Waals surface area contributed by atoms with E-state index in [9.17, 15) is 9.59 Å². The van der Waals surface area contributed by atoms with Crippen molar-refractivity contribution in [2.24, 2.45) is 11.8 Å². The molecule has 0 N–H and O–H groups in total. The van der Waals surface area contributed by atoms with Gasteiger partial charge in [0, 0.05) is 18.9 Å². The molecule has 118 valence electrons. The average Bonchev–Trinajstić information content (AvgIpc) is 2.45. The molecule has 3 atom stereocenters.